The number of benzene rings is 2. The average molecular weight is 344 g/mol. The van der Waals surface area contributed by atoms with Crippen LogP contribution in [-0.4, -0.2) is 5.84 Å². The van der Waals surface area contributed by atoms with Gasteiger partial charge in [-0.2, -0.15) is 0 Å². The van der Waals surface area contributed by atoms with Crippen molar-refractivity contribution in [2.24, 2.45) is 5.73 Å². The van der Waals surface area contributed by atoms with Crippen LogP contribution in [0.15, 0.2) is 40.9 Å². The van der Waals surface area contributed by atoms with Gasteiger partial charge in [-0.1, -0.05) is 33.6 Å². The first kappa shape index (κ1) is 13.8. The minimum atomic E-state index is -0.434. The molecule has 0 unspecified atom stereocenters. The van der Waals surface area contributed by atoms with Crippen LogP contribution in [-0.2, 0) is 0 Å². The van der Waals surface area contributed by atoms with Crippen molar-refractivity contribution in [2.75, 3.05) is 0 Å². The van der Waals surface area contributed by atoms with Crippen LogP contribution in [0.4, 0.5) is 4.39 Å². The third-order valence-electron chi connectivity index (χ3n) is 2.31. The van der Waals surface area contributed by atoms with Crippen molar-refractivity contribution in [1.29, 1.82) is 5.41 Å². The molecule has 0 aliphatic carbocycles. The fourth-order valence-corrected chi connectivity index (χ4v) is 2.28. The summed E-state index contributed by atoms with van der Waals surface area (Å²) in [5, 5.41) is 7.80. The normalized spacial score (nSPS) is 10.3. The molecule has 0 atom stereocenters. The first-order valence-electron chi connectivity index (χ1n) is 5.24. The largest absolute Gasteiger partial charge is 0.456 e. The number of halogens is 3. The number of nitrogens with two attached hydrogens (primary N) is 1. The molecule has 2 aromatic carbocycles. The zero-order valence-electron chi connectivity index (χ0n) is 9.58. The molecule has 0 spiro atoms. The molecular weight excluding hydrogens is 335 g/mol. The van der Waals surface area contributed by atoms with Gasteiger partial charge in [-0.15, -0.1) is 0 Å². The second-order valence-corrected chi connectivity index (χ2v) is 5.06. The summed E-state index contributed by atoms with van der Waals surface area (Å²) in [5.74, 6) is -0.0546. The summed E-state index contributed by atoms with van der Waals surface area (Å²) in [4.78, 5) is 0. The first-order valence-corrected chi connectivity index (χ1v) is 6.41. The molecule has 0 radical (unpaired) electrons. The molecule has 2 aromatic rings. The lowest BCUT2D eigenvalue weighted by atomic mass is 10.2. The Morgan fingerprint density at radius 2 is 2.05 bits per heavy atom. The third-order valence-corrected chi connectivity index (χ3v) is 3.08. The maximum absolute atomic E-state index is 13.3. The fraction of sp³-hybridized carbons (Fsp3) is 0. The van der Waals surface area contributed by atoms with Crippen molar-refractivity contribution >= 4 is 33.4 Å². The smallest absolute Gasteiger partial charge is 0.139 e. The highest BCUT2D eigenvalue weighted by atomic mass is 79.9. The molecule has 0 saturated heterocycles. The van der Waals surface area contributed by atoms with Crippen LogP contribution in [0.25, 0.3) is 0 Å². The van der Waals surface area contributed by atoms with E-state index >= 15 is 0 Å². The van der Waals surface area contributed by atoms with E-state index in [-0.39, 0.29) is 17.1 Å². The maximum atomic E-state index is 13.3. The van der Waals surface area contributed by atoms with E-state index in [4.69, 9.17) is 27.5 Å². The number of hydrogen-bond acceptors (Lipinski definition) is 2. The molecule has 0 heterocycles. The van der Waals surface area contributed by atoms with Crippen LogP contribution in [0.5, 0.6) is 11.5 Å². The summed E-state index contributed by atoms with van der Waals surface area (Å²) < 4.78 is 19.4. The summed E-state index contributed by atoms with van der Waals surface area (Å²) in [6.07, 6.45) is 0. The van der Waals surface area contributed by atoms with E-state index in [1.807, 2.05) is 0 Å². The van der Waals surface area contributed by atoms with Gasteiger partial charge in [-0.05, 0) is 24.3 Å². The highest BCUT2D eigenvalue weighted by Crippen LogP contribution is 2.31. The summed E-state index contributed by atoms with van der Waals surface area (Å²) in [7, 11) is 0. The van der Waals surface area contributed by atoms with Crippen molar-refractivity contribution in [1.82, 2.24) is 0 Å². The van der Waals surface area contributed by atoms with Crippen LogP contribution in [0.3, 0.4) is 0 Å². The lowest BCUT2D eigenvalue weighted by Gasteiger charge is -2.11. The highest BCUT2D eigenvalue weighted by Gasteiger charge is 2.12. The van der Waals surface area contributed by atoms with E-state index in [1.165, 1.54) is 12.1 Å². The van der Waals surface area contributed by atoms with Gasteiger partial charge < -0.3 is 10.5 Å². The quantitative estimate of drug-likeness (QED) is 0.644. The summed E-state index contributed by atoms with van der Waals surface area (Å²) in [6, 6.07) is 9.03. The number of nitrogens with one attached hydrogen (secondary N) is 1. The molecule has 2 rings (SSSR count). The first-order chi connectivity index (χ1) is 8.97. The predicted octanol–water partition coefficient (Wildman–Crippen LogP) is 4.32. The molecule has 3 N–H and O–H groups in total. The molecule has 0 amide bonds. The van der Waals surface area contributed by atoms with Crippen LogP contribution in [0.2, 0.25) is 5.02 Å². The Balaban J connectivity index is 2.43. The summed E-state index contributed by atoms with van der Waals surface area (Å²) >= 11 is 9.14. The van der Waals surface area contributed by atoms with Crippen molar-refractivity contribution in [3.8, 4) is 11.5 Å². The molecule has 0 aliphatic rings. The van der Waals surface area contributed by atoms with Gasteiger partial charge in [0.1, 0.15) is 23.2 Å². The molecule has 3 nitrogen and oxygen atoms in total. The van der Waals surface area contributed by atoms with Crippen LogP contribution in [0, 0.1) is 11.2 Å². The number of nitrogen functional groups attached to an aromatic ring is 1. The molecular formula is C13H9BrClFN2O. The van der Waals surface area contributed by atoms with E-state index in [0.717, 1.165) is 0 Å². The minimum Gasteiger partial charge on any atom is -0.456 e. The van der Waals surface area contributed by atoms with Gasteiger partial charge >= 0.3 is 0 Å². The zero-order chi connectivity index (χ0) is 14.0. The number of rotatable bonds is 3. The Kier molecular flexibility index (Phi) is 4.07. The second-order valence-electron chi connectivity index (χ2n) is 3.73. The van der Waals surface area contributed by atoms with Gasteiger partial charge in [-0.25, -0.2) is 4.39 Å². The molecule has 0 saturated carbocycles. The van der Waals surface area contributed by atoms with E-state index in [2.05, 4.69) is 15.9 Å². The van der Waals surface area contributed by atoms with Gasteiger partial charge in [0.25, 0.3) is 0 Å². The summed E-state index contributed by atoms with van der Waals surface area (Å²) in [6.45, 7) is 0. The summed E-state index contributed by atoms with van der Waals surface area (Å²) in [5.41, 5.74) is 5.75. The maximum Gasteiger partial charge on any atom is 0.139 e. The van der Waals surface area contributed by atoms with Crippen molar-refractivity contribution in [2.45, 2.75) is 0 Å². The lowest BCUT2D eigenvalue weighted by Crippen LogP contribution is -2.13. The molecule has 0 fully saturated rings. The Bertz CT molecular complexity index is 628. The van der Waals surface area contributed by atoms with Gasteiger partial charge in [0.05, 0.1) is 10.6 Å². The van der Waals surface area contributed by atoms with Gasteiger partial charge in [0.2, 0.25) is 0 Å². The number of ether oxygens (including phenoxy) is 1. The zero-order valence-corrected chi connectivity index (χ0v) is 11.9. The van der Waals surface area contributed by atoms with Crippen molar-refractivity contribution in [3.63, 3.8) is 0 Å². The number of hydrogen-bond donors (Lipinski definition) is 2. The van der Waals surface area contributed by atoms with Crippen LogP contribution < -0.4 is 10.5 Å². The van der Waals surface area contributed by atoms with Crippen molar-refractivity contribution < 1.29 is 9.13 Å². The molecule has 0 bridgehead atoms. The van der Waals surface area contributed by atoms with Gasteiger partial charge in [0, 0.05) is 10.5 Å². The fourth-order valence-electron chi connectivity index (χ4n) is 1.57. The molecule has 0 aromatic heterocycles. The van der Waals surface area contributed by atoms with E-state index in [0.29, 0.717) is 15.2 Å². The lowest BCUT2D eigenvalue weighted by molar-refractivity contribution is 0.475. The van der Waals surface area contributed by atoms with E-state index < -0.39 is 5.82 Å². The number of amidine groups is 1. The van der Waals surface area contributed by atoms with Crippen LogP contribution in [0.1, 0.15) is 5.56 Å². The molecule has 98 valence electrons. The Morgan fingerprint density at radius 3 is 2.68 bits per heavy atom. The molecule has 6 heteroatoms. The highest BCUT2D eigenvalue weighted by molar-refractivity contribution is 9.10. The SMILES string of the molecule is N=C(N)c1c(Cl)cccc1Oc1cc(F)cc(Br)c1. The van der Waals surface area contributed by atoms with Crippen LogP contribution >= 0.6 is 27.5 Å². The van der Waals surface area contributed by atoms with E-state index in [9.17, 15) is 4.39 Å². The predicted molar refractivity (Wildman–Crippen MR) is 76.6 cm³/mol. The molecule has 0 aliphatic heterocycles. The average Bonchev–Trinajstić information content (AvgIpc) is 2.26. The van der Waals surface area contributed by atoms with Gasteiger partial charge in [0.15, 0.2) is 0 Å². The monoisotopic (exact) mass is 342 g/mol. The Labute approximate surface area is 122 Å². The second kappa shape index (κ2) is 5.59. The standard InChI is InChI=1S/C13H9BrClFN2O/c14-7-4-8(16)6-9(5-7)19-11-3-1-2-10(15)12(11)13(17)18/h1-6H,(H3,17,18). The Morgan fingerprint density at radius 1 is 1.32 bits per heavy atom. The third kappa shape index (κ3) is 3.24. The minimum absolute atomic E-state index is 0.212. The van der Waals surface area contributed by atoms with Crippen molar-refractivity contribution in [3.05, 3.63) is 57.3 Å². The van der Waals surface area contributed by atoms with E-state index in [1.54, 1.807) is 24.3 Å². The topological polar surface area (TPSA) is 59.1 Å². The molecule has 19 heavy (non-hydrogen) atoms. The van der Waals surface area contributed by atoms with Gasteiger partial charge in [-0.3, -0.25) is 5.41 Å². The Hall–Kier alpha value is -1.59.